The van der Waals surface area contributed by atoms with E-state index in [2.05, 4.69) is 70.4 Å². The molecule has 0 spiro atoms. The first kappa shape index (κ1) is 26.3. The summed E-state index contributed by atoms with van der Waals surface area (Å²) in [7, 11) is 6.31. The van der Waals surface area contributed by atoms with Gasteiger partial charge in [-0.2, -0.15) is 5.10 Å². The van der Waals surface area contributed by atoms with Crippen LogP contribution in [0.15, 0.2) is 67.0 Å². The smallest absolute Gasteiger partial charge is 0.227 e. The minimum atomic E-state index is 0.553. The summed E-state index contributed by atoms with van der Waals surface area (Å²) in [4.78, 5) is 16.4. The highest BCUT2D eigenvalue weighted by Gasteiger charge is 2.17. The maximum absolute atomic E-state index is 6.17. The van der Waals surface area contributed by atoms with Gasteiger partial charge in [0.1, 0.15) is 0 Å². The number of likely N-dealkylation sites (N-methyl/N-ethyl adjacent to an activating group) is 2. The van der Waals surface area contributed by atoms with Gasteiger partial charge in [0.25, 0.3) is 0 Å². The van der Waals surface area contributed by atoms with Crippen molar-refractivity contribution in [2.24, 2.45) is 0 Å². The summed E-state index contributed by atoms with van der Waals surface area (Å²) in [5, 5.41) is 8.78. The van der Waals surface area contributed by atoms with Crippen LogP contribution < -0.4 is 5.32 Å². The van der Waals surface area contributed by atoms with Crippen LogP contribution in [0.5, 0.6) is 0 Å². The molecule has 4 aromatic rings. The number of rotatable bonds is 9. The number of nitrogens with zero attached hydrogens (tertiary/aromatic N) is 7. The molecule has 0 atom stereocenters. The van der Waals surface area contributed by atoms with Crippen molar-refractivity contribution in [1.82, 2.24) is 34.4 Å². The van der Waals surface area contributed by atoms with Gasteiger partial charge in [-0.3, -0.25) is 9.58 Å². The lowest BCUT2D eigenvalue weighted by Gasteiger charge is -2.32. The van der Waals surface area contributed by atoms with Crippen molar-refractivity contribution in [2.45, 2.75) is 13.1 Å². The summed E-state index contributed by atoms with van der Waals surface area (Å²) in [5.74, 6) is 0.553. The maximum atomic E-state index is 6.17. The lowest BCUT2D eigenvalue weighted by atomic mass is 10.1. The van der Waals surface area contributed by atoms with E-state index in [1.54, 1.807) is 6.20 Å². The monoisotopic (exact) mass is 530 g/mol. The zero-order valence-corrected chi connectivity index (χ0v) is 23.1. The van der Waals surface area contributed by atoms with Crippen LogP contribution in [0.1, 0.15) is 5.56 Å². The summed E-state index contributed by atoms with van der Waals surface area (Å²) in [6.07, 6.45) is 3.67. The third kappa shape index (κ3) is 6.57. The Bertz CT molecular complexity index is 1330. The lowest BCUT2D eigenvalue weighted by molar-refractivity contribution is 0.148. The second-order valence-electron chi connectivity index (χ2n) is 10.1. The van der Waals surface area contributed by atoms with Crippen molar-refractivity contribution in [3.63, 3.8) is 0 Å². The second-order valence-corrected chi connectivity index (χ2v) is 10.5. The number of piperazine rings is 1. The molecule has 8 nitrogen and oxygen atoms in total. The van der Waals surface area contributed by atoms with E-state index < -0.39 is 0 Å². The molecule has 1 aliphatic heterocycles. The summed E-state index contributed by atoms with van der Waals surface area (Å²) < 4.78 is 2.03. The molecule has 5 rings (SSSR count). The first-order chi connectivity index (χ1) is 18.4. The van der Waals surface area contributed by atoms with Crippen molar-refractivity contribution in [3.05, 3.63) is 77.6 Å². The number of aromatic nitrogens is 4. The summed E-state index contributed by atoms with van der Waals surface area (Å²) >= 11 is 6.17. The summed E-state index contributed by atoms with van der Waals surface area (Å²) in [6.45, 7) is 7.10. The van der Waals surface area contributed by atoms with E-state index in [-0.39, 0.29) is 0 Å². The van der Waals surface area contributed by atoms with Gasteiger partial charge in [-0.15, -0.1) is 0 Å². The number of hydrogen-bond acceptors (Lipinski definition) is 7. The molecular weight excluding hydrogens is 496 g/mol. The number of nitrogens with one attached hydrogen (secondary N) is 1. The highest BCUT2D eigenvalue weighted by molar-refractivity contribution is 6.30. The predicted octanol–water partition coefficient (Wildman–Crippen LogP) is 4.71. The molecular formula is C29H35ClN8. The van der Waals surface area contributed by atoms with E-state index in [1.807, 2.05) is 41.2 Å². The van der Waals surface area contributed by atoms with Gasteiger partial charge in [-0.05, 0) is 57.0 Å². The van der Waals surface area contributed by atoms with Crippen LogP contribution in [0.4, 0.5) is 11.6 Å². The molecule has 1 aliphatic rings. The van der Waals surface area contributed by atoms with E-state index >= 15 is 0 Å². The van der Waals surface area contributed by atoms with Crippen molar-refractivity contribution in [2.75, 3.05) is 59.2 Å². The quantitative estimate of drug-likeness (QED) is 0.336. The van der Waals surface area contributed by atoms with E-state index in [4.69, 9.17) is 21.7 Å². The molecule has 198 valence electrons. The molecule has 2 aromatic heterocycles. The first-order valence-electron chi connectivity index (χ1n) is 13.0. The van der Waals surface area contributed by atoms with Gasteiger partial charge in [0, 0.05) is 67.3 Å². The van der Waals surface area contributed by atoms with Crippen molar-refractivity contribution in [1.29, 1.82) is 0 Å². The molecule has 0 bridgehead atoms. The molecule has 1 saturated heterocycles. The van der Waals surface area contributed by atoms with Crippen molar-refractivity contribution < 1.29 is 0 Å². The molecule has 0 amide bonds. The average Bonchev–Trinajstić information content (AvgIpc) is 3.34. The summed E-state index contributed by atoms with van der Waals surface area (Å²) in [5.41, 5.74) is 6.11. The third-order valence-electron chi connectivity index (χ3n) is 6.86. The average molecular weight is 531 g/mol. The Hall–Kier alpha value is -3.30. The Kier molecular flexibility index (Phi) is 8.34. The van der Waals surface area contributed by atoms with E-state index in [9.17, 15) is 0 Å². The Balaban J connectivity index is 1.34. The molecule has 0 aliphatic carbocycles. The molecule has 1 fully saturated rings. The molecule has 9 heteroatoms. The van der Waals surface area contributed by atoms with Crippen LogP contribution in [-0.2, 0) is 13.1 Å². The van der Waals surface area contributed by atoms with Crippen molar-refractivity contribution >= 4 is 23.2 Å². The Labute approximate surface area is 229 Å². The fourth-order valence-corrected chi connectivity index (χ4v) is 4.73. The fourth-order valence-electron chi connectivity index (χ4n) is 4.61. The highest BCUT2D eigenvalue weighted by Crippen LogP contribution is 2.32. The van der Waals surface area contributed by atoms with Crippen LogP contribution in [0, 0.1) is 0 Å². The zero-order chi connectivity index (χ0) is 26.5. The van der Waals surface area contributed by atoms with Gasteiger partial charge in [-0.1, -0.05) is 35.9 Å². The third-order valence-corrected chi connectivity index (χ3v) is 7.11. The lowest BCUT2D eigenvalue weighted by Crippen LogP contribution is -2.43. The number of anilines is 2. The Morgan fingerprint density at radius 2 is 1.68 bits per heavy atom. The zero-order valence-electron chi connectivity index (χ0n) is 22.3. The number of hydrogen-bond donors (Lipinski definition) is 1. The van der Waals surface area contributed by atoms with Gasteiger partial charge in [0.05, 0.1) is 24.1 Å². The maximum Gasteiger partial charge on any atom is 0.227 e. The van der Waals surface area contributed by atoms with Crippen molar-refractivity contribution in [3.8, 4) is 22.5 Å². The van der Waals surface area contributed by atoms with Crippen LogP contribution in [0.25, 0.3) is 22.5 Å². The molecule has 0 unspecified atom stereocenters. The SMILES string of the molecule is CN(C)CCn1ncc(-c2ccnc(Nc3ccc(CN4CCN(C)CC4)cc3)n2)c1-c1ccc(Cl)cc1. The first-order valence-corrected chi connectivity index (χ1v) is 13.4. The Morgan fingerprint density at radius 3 is 2.39 bits per heavy atom. The second kappa shape index (κ2) is 12.0. The Morgan fingerprint density at radius 1 is 0.947 bits per heavy atom. The van der Waals surface area contributed by atoms with E-state index in [0.717, 1.165) is 74.0 Å². The van der Waals surface area contributed by atoms with Gasteiger partial charge in [-0.25, -0.2) is 9.97 Å². The normalized spacial score (nSPS) is 14.8. The molecule has 3 heterocycles. The minimum absolute atomic E-state index is 0.553. The van der Waals surface area contributed by atoms with E-state index in [0.29, 0.717) is 11.0 Å². The molecule has 38 heavy (non-hydrogen) atoms. The van der Waals surface area contributed by atoms with Gasteiger partial charge >= 0.3 is 0 Å². The number of halogens is 1. The fraction of sp³-hybridized carbons (Fsp3) is 0.345. The molecule has 0 radical (unpaired) electrons. The van der Waals surface area contributed by atoms with E-state index in [1.165, 1.54) is 5.56 Å². The standard InChI is InChI=1S/C29H35ClN8/c1-35(2)14-19-38-28(23-6-8-24(30)9-7-23)26(20-32-38)27-12-13-31-29(34-27)33-25-10-4-22(5-11-25)21-37-17-15-36(3)16-18-37/h4-13,20H,14-19,21H2,1-3H3,(H,31,33,34). The van der Waals surface area contributed by atoms with Gasteiger partial charge < -0.3 is 15.1 Å². The van der Waals surface area contributed by atoms with Crippen LogP contribution in [0.3, 0.4) is 0 Å². The summed E-state index contributed by atoms with van der Waals surface area (Å²) in [6, 6.07) is 18.3. The topological polar surface area (TPSA) is 65.4 Å². The van der Waals surface area contributed by atoms with Crippen LogP contribution in [-0.4, -0.2) is 88.3 Å². The molecule has 0 saturated carbocycles. The molecule has 1 N–H and O–H groups in total. The highest BCUT2D eigenvalue weighted by atomic mass is 35.5. The molecule has 2 aromatic carbocycles. The van der Waals surface area contributed by atoms with Crippen LogP contribution in [0.2, 0.25) is 5.02 Å². The predicted molar refractivity (Wildman–Crippen MR) is 155 cm³/mol. The minimum Gasteiger partial charge on any atom is -0.324 e. The van der Waals surface area contributed by atoms with Crippen LogP contribution >= 0.6 is 11.6 Å². The largest absolute Gasteiger partial charge is 0.324 e. The van der Waals surface area contributed by atoms with Gasteiger partial charge in [0.15, 0.2) is 0 Å². The number of benzene rings is 2. The van der Waals surface area contributed by atoms with Gasteiger partial charge in [0.2, 0.25) is 5.95 Å².